The molecule has 0 fully saturated rings. The van der Waals surface area contributed by atoms with Gasteiger partial charge in [-0.1, -0.05) is 26.5 Å². The summed E-state index contributed by atoms with van der Waals surface area (Å²) in [5.41, 5.74) is 0. The van der Waals surface area contributed by atoms with E-state index in [1.54, 1.807) is 0 Å². The second kappa shape index (κ2) is 5.90. The van der Waals surface area contributed by atoms with E-state index >= 15 is 0 Å². The van der Waals surface area contributed by atoms with Gasteiger partial charge in [-0.25, -0.2) is 0 Å². The summed E-state index contributed by atoms with van der Waals surface area (Å²) in [4.78, 5) is 2.38. The van der Waals surface area contributed by atoms with Crippen molar-refractivity contribution < 1.29 is 0 Å². The molecule has 0 aliphatic rings. The van der Waals surface area contributed by atoms with Gasteiger partial charge in [0.05, 0.1) is 5.88 Å². The third-order valence-corrected chi connectivity index (χ3v) is 2.76. The fraction of sp³-hybridized carbons (Fsp3) is 1.00. The van der Waals surface area contributed by atoms with Crippen LogP contribution in [-0.4, -0.2) is 22.9 Å². The number of rotatable bonds is 5. The van der Waals surface area contributed by atoms with E-state index < -0.39 is 0 Å². The molecule has 0 saturated carbocycles. The van der Waals surface area contributed by atoms with Crippen molar-refractivity contribution in [3.05, 3.63) is 0 Å². The average molecular weight is 174 g/mol. The van der Waals surface area contributed by atoms with E-state index in [1.165, 1.54) is 12.8 Å². The molecular weight excluding hydrogens is 154 g/mol. The van der Waals surface area contributed by atoms with Gasteiger partial charge >= 0.3 is 0 Å². The van der Waals surface area contributed by atoms with Crippen LogP contribution in [0.15, 0.2) is 0 Å². The highest BCUT2D eigenvalue weighted by molar-refractivity contribution is 7.80. The molecule has 2 unspecified atom stereocenters. The predicted octanol–water partition coefficient (Wildman–Crippen LogP) is 3.04. The van der Waals surface area contributed by atoms with Gasteiger partial charge in [0.2, 0.25) is 0 Å². The lowest BCUT2D eigenvalue weighted by Gasteiger charge is -2.31. The molecule has 0 spiro atoms. The minimum absolute atomic E-state index is 0.641. The molecule has 0 aliphatic carbocycles. The van der Waals surface area contributed by atoms with Crippen molar-refractivity contribution in [3.63, 3.8) is 0 Å². The van der Waals surface area contributed by atoms with Crippen LogP contribution in [0.5, 0.6) is 0 Å². The molecule has 0 rings (SSSR count). The Balaban J connectivity index is 3.92. The predicted molar refractivity (Wildman–Crippen MR) is 53.8 cm³/mol. The summed E-state index contributed by atoms with van der Waals surface area (Å²) < 4.78 is 0. The van der Waals surface area contributed by atoms with Gasteiger partial charge in [0, 0.05) is 12.1 Å². The van der Waals surface area contributed by atoms with Crippen LogP contribution in [0.25, 0.3) is 0 Å². The van der Waals surface area contributed by atoms with Gasteiger partial charge in [-0.15, -0.1) is 0 Å². The normalized spacial score (nSPS) is 16.9. The van der Waals surface area contributed by atoms with Gasteiger partial charge in [0.15, 0.2) is 0 Å². The van der Waals surface area contributed by atoms with Crippen LogP contribution in [0, 0.1) is 0 Å². The summed E-state index contributed by atoms with van der Waals surface area (Å²) in [6, 6.07) is 1.28. The van der Waals surface area contributed by atoms with Crippen molar-refractivity contribution in [2.24, 2.45) is 0 Å². The molecule has 67 valence electrons. The molecule has 0 aromatic heterocycles. The van der Waals surface area contributed by atoms with Crippen molar-refractivity contribution in [3.8, 4) is 0 Å². The number of nitrogens with zero attached hydrogens (tertiary/aromatic N) is 1. The maximum Gasteiger partial charge on any atom is 0.0554 e. The van der Waals surface area contributed by atoms with Crippen LogP contribution in [0.3, 0.4) is 0 Å². The third-order valence-electron chi connectivity index (χ3n) is 2.46. The van der Waals surface area contributed by atoms with E-state index in [0.29, 0.717) is 12.1 Å². The topological polar surface area (TPSA) is 3.24 Å². The number of hydrogen-bond donors (Lipinski definition) is 0. The maximum atomic E-state index is 5.08. The van der Waals surface area contributed by atoms with Crippen molar-refractivity contribution in [2.75, 3.05) is 5.88 Å². The van der Waals surface area contributed by atoms with Crippen LogP contribution >= 0.6 is 12.6 Å². The van der Waals surface area contributed by atoms with E-state index in [0.717, 1.165) is 5.88 Å². The van der Waals surface area contributed by atoms with Gasteiger partial charge in [-0.05, 0) is 26.7 Å². The summed E-state index contributed by atoms with van der Waals surface area (Å²) in [5.74, 6) is 0.768. The molecular formula is C9H20NS. The molecule has 0 amide bonds. The van der Waals surface area contributed by atoms with E-state index in [9.17, 15) is 0 Å². The smallest absolute Gasteiger partial charge is 0.0554 e. The van der Waals surface area contributed by atoms with Crippen LogP contribution < -0.4 is 0 Å². The van der Waals surface area contributed by atoms with Gasteiger partial charge in [-0.3, -0.25) is 4.90 Å². The molecule has 2 atom stereocenters. The lowest BCUT2D eigenvalue weighted by atomic mass is 10.1. The Kier molecular flexibility index (Phi) is 6.06. The van der Waals surface area contributed by atoms with E-state index in [1.807, 2.05) is 0 Å². The van der Waals surface area contributed by atoms with Crippen LogP contribution in [-0.2, 0) is 0 Å². The first-order valence-corrected chi connectivity index (χ1v) is 5.08. The highest BCUT2D eigenvalue weighted by Gasteiger charge is 2.15. The molecule has 2 heteroatoms. The summed E-state index contributed by atoms with van der Waals surface area (Å²) in [5, 5.41) is 0. The van der Waals surface area contributed by atoms with Crippen molar-refractivity contribution in [1.29, 1.82) is 0 Å². The first-order valence-electron chi connectivity index (χ1n) is 4.51. The largest absolute Gasteiger partial charge is 0.288 e. The molecule has 0 N–H and O–H groups in total. The zero-order valence-electron chi connectivity index (χ0n) is 8.13. The molecule has 0 aromatic carbocycles. The molecule has 0 heterocycles. The lowest BCUT2D eigenvalue weighted by Crippen LogP contribution is -2.38. The second-order valence-corrected chi connectivity index (χ2v) is 3.42. The highest BCUT2D eigenvalue weighted by Crippen LogP contribution is 2.11. The van der Waals surface area contributed by atoms with Crippen molar-refractivity contribution in [2.45, 2.75) is 52.6 Å². The third kappa shape index (κ3) is 3.48. The molecule has 11 heavy (non-hydrogen) atoms. The molecule has 0 saturated heterocycles. The van der Waals surface area contributed by atoms with Crippen molar-refractivity contribution in [1.82, 2.24) is 4.90 Å². The first-order chi connectivity index (χ1) is 5.17. The first kappa shape index (κ1) is 11.3. The average Bonchev–Trinajstić information content (AvgIpc) is 2.05. The van der Waals surface area contributed by atoms with E-state index in [2.05, 4.69) is 32.6 Å². The Labute approximate surface area is 76.6 Å². The van der Waals surface area contributed by atoms with Crippen molar-refractivity contribution >= 4 is 12.6 Å². The Morgan fingerprint density at radius 1 is 1.09 bits per heavy atom. The summed E-state index contributed by atoms with van der Waals surface area (Å²) in [6.07, 6.45) is 2.39. The van der Waals surface area contributed by atoms with Gasteiger partial charge < -0.3 is 0 Å². The monoisotopic (exact) mass is 174 g/mol. The molecule has 1 radical (unpaired) electrons. The molecule has 0 aliphatic heterocycles. The molecule has 0 bridgehead atoms. The minimum atomic E-state index is 0.641. The van der Waals surface area contributed by atoms with E-state index in [4.69, 9.17) is 12.6 Å². The Morgan fingerprint density at radius 3 is 1.64 bits per heavy atom. The minimum Gasteiger partial charge on any atom is -0.288 e. The Morgan fingerprint density at radius 2 is 1.45 bits per heavy atom. The maximum absolute atomic E-state index is 5.08. The lowest BCUT2D eigenvalue weighted by molar-refractivity contribution is 0.178. The van der Waals surface area contributed by atoms with Crippen LogP contribution in [0.2, 0.25) is 0 Å². The zero-order valence-corrected chi connectivity index (χ0v) is 8.95. The summed E-state index contributed by atoms with van der Waals surface area (Å²) >= 11 is 5.08. The standard InChI is InChI=1S/C9H20NS/c1-5-8(3)10(7-11)9(4)6-2/h8-9H,5-7H2,1-4H3. The van der Waals surface area contributed by atoms with Gasteiger partial charge in [0.1, 0.15) is 0 Å². The fourth-order valence-electron chi connectivity index (χ4n) is 1.16. The quantitative estimate of drug-likeness (QED) is 0.619. The summed E-state index contributed by atoms with van der Waals surface area (Å²) in [7, 11) is 0. The van der Waals surface area contributed by atoms with Gasteiger partial charge in [-0.2, -0.15) is 0 Å². The highest BCUT2D eigenvalue weighted by atomic mass is 32.1. The second-order valence-electron chi connectivity index (χ2n) is 3.16. The van der Waals surface area contributed by atoms with E-state index in [-0.39, 0.29) is 0 Å². The zero-order chi connectivity index (χ0) is 8.85. The number of hydrogen-bond acceptors (Lipinski definition) is 1. The molecule has 1 nitrogen and oxygen atoms in total. The Bertz CT molecular complexity index is 85.6. The fourth-order valence-corrected chi connectivity index (χ4v) is 1.67. The molecule has 0 aromatic rings. The SMILES string of the molecule is CCC(C)N(C[S])C(C)CC. The van der Waals surface area contributed by atoms with Crippen LogP contribution in [0.1, 0.15) is 40.5 Å². The summed E-state index contributed by atoms with van der Waals surface area (Å²) in [6.45, 7) is 8.92. The van der Waals surface area contributed by atoms with Crippen LogP contribution in [0.4, 0.5) is 0 Å². The Hall–Kier alpha value is 0.310. The van der Waals surface area contributed by atoms with Gasteiger partial charge in [0.25, 0.3) is 0 Å².